The molecule has 0 saturated heterocycles. The number of carbonyl (C=O) groups is 4. The van der Waals surface area contributed by atoms with Gasteiger partial charge in [0.05, 0.1) is 0 Å². The molecule has 0 aromatic heterocycles. The molecule has 0 spiro atoms. The van der Waals surface area contributed by atoms with Gasteiger partial charge in [0.15, 0.2) is 11.5 Å². The van der Waals surface area contributed by atoms with Crippen molar-refractivity contribution in [2.75, 3.05) is 0 Å². The van der Waals surface area contributed by atoms with Gasteiger partial charge in [-0.3, -0.25) is 19.2 Å². The Bertz CT molecular complexity index is 1680. The Morgan fingerprint density at radius 3 is 2.06 bits per heavy atom. The Labute approximate surface area is 296 Å². The molecule has 3 saturated carbocycles. The van der Waals surface area contributed by atoms with E-state index in [0.29, 0.717) is 11.5 Å². The number of rotatable bonds is 6. The monoisotopic (exact) mass is 687 g/mol. The predicted octanol–water partition coefficient (Wildman–Crippen LogP) is 9.12. The van der Waals surface area contributed by atoms with Gasteiger partial charge in [-0.2, -0.15) is 0 Å². The van der Waals surface area contributed by atoms with Crippen LogP contribution in [0.3, 0.4) is 0 Å². The standard InChI is InChI=1S/C41H53NO6S/c1-9-41-20-18-39(7)30-22-32(48-27(4)45)31(47-26(3)44)21-29(30)33(49-36(46)28-13-11-10-12-14-28)23-34(39)40(41,8)19-16-37(5)15-17-38(6,24-35(37)41)42-25(2)43/h10-14,21-22,33-35H,9,15-20,23-24H2,1-8H3,(H,42,43)/t33?,34?,35-,37-,38-,39+,40-,41+/m1/s1. The zero-order chi connectivity index (χ0) is 35.6. The fourth-order valence-corrected chi connectivity index (χ4v) is 12.6. The average molecular weight is 688 g/mol. The van der Waals surface area contributed by atoms with Crippen molar-refractivity contribution >= 4 is 34.7 Å². The van der Waals surface area contributed by atoms with Gasteiger partial charge in [-0.25, -0.2) is 0 Å². The fourth-order valence-electron chi connectivity index (χ4n) is 11.5. The summed E-state index contributed by atoms with van der Waals surface area (Å²) in [5, 5.41) is 3.19. The molecule has 8 atom stereocenters. The third kappa shape index (κ3) is 5.94. The van der Waals surface area contributed by atoms with Crippen molar-refractivity contribution in [2.24, 2.45) is 28.1 Å². The van der Waals surface area contributed by atoms with Crippen molar-refractivity contribution in [3.8, 4) is 11.5 Å². The Hall–Kier alpha value is -3.13. The van der Waals surface area contributed by atoms with E-state index < -0.39 is 11.9 Å². The third-order valence-electron chi connectivity index (χ3n) is 13.8. The van der Waals surface area contributed by atoms with Crippen LogP contribution < -0.4 is 14.8 Å². The summed E-state index contributed by atoms with van der Waals surface area (Å²) in [7, 11) is 0. The highest BCUT2D eigenvalue weighted by Gasteiger charge is 2.69. The molecule has 264 valence electrons. The Morgan fingerprint density at radius 2 is 1.45 bits per heavy atom. The van der Waals surface area contributed by atoms with Crippen LogP contribution in [0.4, 0.5) is 0 Å². The molecule has 2 aromatic rings. The summed E-state index contributed by atoms with van der Waals surface area (Å²) in [5.74, 6) is 0.191. The molecule has 8 heteroatoms. The van der Waals surface area contributed by atoms with E-state index in [1.54, 1.807) is 6.92 Å². The number of amides is 1. The van der Waals surface area contributed by atoms with Crippen molar-refractivity contribution in [3.63, 3.8) is 0 Å². The summed E-state index contributed by atoms with van der Waals surface area (Å²) in [4.78, 5) is 50.8. The molecule has 1 amide bonds. The molecule has 2 aromatic carbocycles. The molecule has 0 aliphatic heterocycles. The normalized spacial score (nSPS) is 36.2. The van der Waals surface area contributed by atoms with Crippen LogP contribution in [0.2, 0.25) is 0 Å². The van der Waals surface area contributed by atoms with E-state index in [2.05, 4.69) is 39.9 Å². The molecular weight excluding hydrogens is 635 g/mol. The largest absolute Gasteiger partial charge is 0.423 e. The maximum atomic E-state index is 13.9. The van der Waals surface area contributed by atoms with E-state index in [4.69, 9.17) is 9.47 Å². The Morgan fingerprint density at radius 1 is 0.816 bits per heavy atom. The molecular formula is C41H53NO6S. The van der Waals surface area contributed by atoms with Gasteiger partial charge in [0.2, 0.25) is 11.0 Å². The maximum Gasteiger partial charge on any atom is 0.308 e. The van der Waals surface area contributed by atoms with Crippen molar-refractivity contribution in [1.29, 1.82) is 0 Å². The van der Waals surface area contributed by atoms with Gasteiger partial charge in [-0.15, -0.1) is 0 Å². The van der Waals surface area contributed by atoms with Crippen LogP contribution >= 0.6 is 11.8 Å². The summed E-state index contributed by atoms with van der Waals surface area (Å²) in [6.45, 7) is 16.4. The highest BCUT2D eigenvalue weighted by atomic mass is 32.2. The first kappa shape index (κ1) is 35.7. The van der Waals surface area contributed by atoms with Crippen molar-refractivity contribution in [3.05, 3.63) is 59.2 Å². The lowest BCUT2D eigenvalue weighted by Crippen LogP contribution is -2.67. The summed E-state index contributed by atoms with van der Waals surface area (Å²) in [5.41, 5.74) is 2.43. The zero-order valence-corrected chi connectivity index (χ0v) is 31.3. The first-order valence-electron chi connectivity index (χ1n) is 18.1. The van der Waals surface area contributed by atoms with E-state index in [0.717, 1.165) is 68.9 Å². The quantitative estimate of drug-likeness (QED) is 0.239. The maximum absolute atomic E-state index is 13.9. The molecule has 4 aliphatic rings. The molecule has 6 rings (SSSR count). The minimum absolute atomic E-state index is 0.00976. The van der Waals surface area contributed by atoms with Crippen LogP contribution in [0, 0.1) is 28.1 Å². The lowest BCUT2D eigenvalue weighted by Gasteiger charge is -2.73. The summed E-state index contributed by atoms with van der Waals surface area (Å²) in [6, 6.07) is 13.2. The number of benzene rings is 2. The number of hydrogen-bond acceptors (Lipinski definition) is 7. The molecule has 0 heterocycles. The van der Waals surface area contributed by atoms with Gasteiger partial charge >= 0.3 is 11.9 Å². The van der Waals surface area contributed by atoms with Crippen molar-refractivity contribution in [1.82, 2.24) is 5.32 Å². The molecule has 2 unspecified atom stereocenters. The van der Waals surface area contributed by atoms with Crippen LogP contribution in [0.1, 0.15) is 140 Å². The van der Waals surface area contributed by atoms with Crippen LogP contribution in [-0.4, -0.2) is 28.5 Å². The minimum Gasteiger partial charge on any atom is -0.423 e. The molecule has 0 radical (unpaired) electrons. The predicted molar refractivity (Wildman–Crippen MR) is 193 cm³/mol. The van der Waals surface area contributed by atoms with Crippen LogP contribution in [0.25, 0.3) is 0 Å². The summed E-state index contributed by atoms with van der Waals surface area (Å²) in [6.07, 6.45) is 9.18. The van der Waals surface area contributed by atoms with Crippen LogP contribution in [0.5, 0.6) is 11.5 Å². The Kier molecular flexibility index (Phi) is 9.16. The zero-order valence-electron chi connectivity index (χ0n) is 30.5. The van der Waals surface area contributed by atoms with E-state index in [9.17, 15) is 19.2 Å². The van der Waals surface area contributed by atoms with Gasteiger partial charge in [-0.05, 0) is 121 Å². The molecule has 3 fully saturated rings. The second-order valence-electron chi connectivity index (χ2n) is 16.6. The van der Waals surface area contributed by atoms with Gasteiger partial charge in [-0.1, -0.05) is 69.8 Å². The Balaban J connectivity index is 1.50. The van der Waals surface area contributed by atoms with E-state index in [-0.39, 0.29) is 60.9 Å². The summed E-state index contributed by atoms with van der Waals surface area (Å²) >= 11 is 1.36. The molecule has 4 aliphatic carbocycles. The second-order valence-corrected chi connectivity index (χ2v) is 17.8. The highest BCUT2D eigenvalue weighted by molar-refractivity contribution is 8.14. The van der Waals surface area contributed by atoms with Gasteiger partial charge < -0.3 is 14.8 Å². The smallest absolute Gasteiger partial charge is 0.308 e. The third-order valence-corrected chi connectivity index (χ3v) is 15.0. The molecule has 1 N–H and O–H groups in total. The second kappa shape index (κ2) is 12.6. The molecule has 0 bridgehead atoms. The SMILES string of the molecule is CC[C@@]12CC[C@@]3(C)c4cc(OC(C)=O)c(OC(C)=O)cc4C(SC(=O)c4ccccc4)CC3[C@@]1(C)CC[C@@]1(C)CC[C@@](C)(NC(C)=O)C[C@H]12. The number of thioether (sulfide) groups is 1. The number of esters is 2. The van der Waals surface area contributed by atoms with Gasteiger partial charge in [0.25, 0.3) is 0 Å². The molecule has 7 nitrogen and oxygen atoms in total. The number of hydrogen-bond donors (Lipinski definition) is 1. The van der Waals surface area contributed by atoms with Crippen molar-refractivity contribution < 1.29 is 28.7 Å². The average Bonchev–Trinajstić information content (AvgIpc) is 3.03. The fraction of sp³-hybridized carbons (Fsp3) is 0.610. The van der Waals surface area contributed by atoms with E-state index >= 15 is 0 Å². The first-order valence-corrected chi connectivity index (χ1v) is 19.0. The number of nitrogens with one attached hydrogen (secondary N) is 1. The first-order chi connectivity index (χ1) is 23.0. The number of ether oxygens (including phenoxy) is 2. The van der Waals surface area contributed by atoms with Gasteiger partial charge in [0, 0.05) is 37.1 Å². The van der Waals surface area contributed by atoms with Crippen LogP contribution in [-0.2, 0) is 19.8 Å². The number of fused-ring (bicyclic) bond motifs is 7. The van der Waals surface area contributed by atoms with Gasteiger partial charge in [0.1, 0.15) is 0 Å². The van der Waals surface area contributed by atoms with E-state index in [1.165, 1.54) is 25.6 Å². The van der Waals surface area contributed by atoms with Crippen LogP contribution in [0.15, 0.2) is 42.5 Å². The lowest BCUT2D eigenvalue weighted by molar-refractivity contribution is -0.216. The number of carbonyl (C=O) groups excluding carboxylic acids is 4. The summed E-state index contributed by atoms with van der Waals surface area (Å²) < 4.78 is 11.3. The minimum atomic E-state index is -0.500. The lowest BCUT2D eigenvalue weighted by atomic mass is 9.32. The highest BCUT2D eigenvalue weighted by Crippen LogP contribution is 2.77. The topological polar surface area (TPSA) is 98.8 Å². The van der Waals surface area contributed by atoms with Crippen molar-refractivity contribution in [2.45, 2.75) is 129 Å². The van der Waals surface area contributed by atoms with E-state index in [1.807, 2.05) is 42.5 Å². The molecule has 49 heavy (non-hydrogen) atoms.